The highest BCUT2D eigenvalue weighted by atomic mass is 19.4. The molecule has 0 aliphatic carbocycles. The Labute approximate surface area is 294 Å². The Hall–Kier alpha value is -5.21. The number of pyridine rings is 1. The number of carboxylic acids is 1. The molecule has 0 radical (unpaired) electrons. The number of carbonyl (C=O) groups excluding carboxylic acids is 2. The van der Waals surface area contributed by atoms with Crippen LogP contribution in [0.1, 0.15) is 29.8 Å². The van der Waals surface area contributed by atoms with Gasteiger partial charge < -0.3 is 34.8 Å². The molecule has 0 bridgehead atoms. The van der Waals surface area contributed by atoms with Gasteiger partial charge in [0.1, 0.15) is 5.65 Å². The molecular weight excluding hydrogens is 665 g/mol. The molecular formula is C37H43F3N6O5. The number of aryl methyl sites for hydroxylation is 1. The van der Waals surface area contributed by atoms with Gasteiger partial charge in [-0.2, -0.15) is 13.2 Å². The topological polar surface area (TPSA) is 131 Å². The van der Waals surface area contributed by atoms with E-state index in [-0.39, 0.29) is 12.0 Å². The van der Waals surface area contributed by atoms with Gasteiger partial charge >= 0.3 is 18.1 Å². The van der Waals surface area contributed by atoms with E-state index < -0.39 is 18.1 Å². The van der Waals surface area contributed by atoms with Gasteiger partial charge in [-0.1, -0.05) is 30.3 Å². The fourth-order valence-corrected chi connectivity index (χ4v) is 5.34. The number of nitrogens with one attached hydrogen (secondary N) is 2. The number of halogens is 3. The largest absolute Gasteiger partial charge is 0.490 e. The number of carboxylic acid groups (broad SMARTS) is 1. The molecule has 272 valence electrons. The molecule has 1 fully saturated rings. The van der Waals surface area contributed by atoms with E-state index in [1.54, 1.807) is 12.3 Å². The van der Waals surface area contributed by atoms with Crippen LogP contribution in [0.25, 0.3) is 33.4 Å². The third kappa shape index (κ3) is 10.4. The lowest BCUT2D eigenvalue weighted by atomic mass is 9.96. The van der Waals surface area contributed by atoms with Gasteiger partial charge in [0.25, 0.3) is 0 Å². The summed E-state index contributed by atoms with van der Waals surface area (Å²) in [7, 11) is 6.07. The molecule has 0 unspecified atom stereocenters. The van der Waals surface area contributed by atoms with Crippen LogP contribution in [0.5, 0.6) is 0 Å². The quantitative estimate of drug-likeness (QED) is 0.137. The van der Waals surface area contributed by atoms with Crippen LogP contribution in [0.2, 0.25) is 0 Å². The van der Waals surface area contributed by atoms with Crippen molar-refractivity contribution in [2.75, 3.05) is 64.1 Å². The monoisotopic (exact) mass is 708 g/mol. The smallest absolute Gasteiger partial charge is 0.475 e. The Bertz CT molecular complexity index is 1880. The maximum absolute atomic E-state index is 12.8. The standard InChI is InChI=1S/C35H42N6O3.C2HF3O2/c1-23(2)44-35(43)27-20-29-32(26-10-9-24(3)30(21-26)37-31(42)8-7-15-39(4)5)33(38-34(29)36-22-27)25-11-13-28(14-12-25)41-18-16-40(6)17-19-41;3-2(4,5)1(6)7/h7-14,20-23H,15-19H2,1-6H3,(H,36,38)(H,37,42);(H,6,7). The van der Waals surface area contributed by atoms with Crippen molar-refractivity contribution in [2.45, 2.75) is 33.1 Å². The number of piperazine rings is 1. The zero-order valence-electron chi connectivity index (χ0n) is 29.5. The van der Waals surface area contributed by atoms with Gasteiger partial charge in [-0.25, -0.2) is 14.6 Å². The van der Waals surface area contributed by atoms with Crippen molar-refractivity contribution in [3.63, 3.8) is 0 Å². The number of amides is 1. The molecule has 4 aromatic rings. The number of hydrogen-bond donors (Lipinski definition) is 3. The number of benzene rings is 2. The van der Waals surface area contributed by atoms with E-state index in [0.717, 1.165) is 65.2 Å². The number of aromatic nitrogens is 2. The van der Waals surface area contributed by atoms with Crippen LogP contribution in [-0.2, 0) is 14.3 Å². The molecule has 51 heavy (non-hydrogen) atoms. The highest BCUT2D eigenvalue weighted by molar-refractivity contribution is 6.06. The van der Waals surface area contributed by atoms with Crippen molar-refractivity contribution in [3.8, 4) is 22.4 Å². The van der Waals surface area contributed by atoms with Gasteiger partial charge in [0, 0.05) is 67.3 Å². The summed E-state index contributed by atoms with van der Waals surface area (Å²) in [4.78, 5) is 49.4. The lowest BCUT2D eigenvalue weighted by Gasteiger charge is -2.34. The summed E-state index contributed by atoms with van der Waals surface area (Å²) in [6.45, 7) is 10.4. The number of fused-ring (bicyclic) bond motifs is 1. The molecule has 0 atom stereocenters. The lowest BCUT2D eigenvalue weighted by molar-refractivity contribution is -0.192. The van der Waals surface area contributed by atoms with E-state index in [2.05, 4.69) is 56.4 Å². The first-order valence-electron chi connectivity index (χ1n) is 16.3. The fourth-order valence-electron chi connectivity index (χ4n) is 5.34. The summed E-state index contributed by atoms with van der Waals surface area (Å²) < 4.78 is 37.2. The summed E-state index contributed by atoms with van der Waals surface area (Å²) >= 11 is 0. The number of alkyl halides is 3. The number of esters is 1. The van der Waals surface area contributed by atoms with E-state index in [0.29, 0.717) is 17.8 Å². The third-order valence-corrected chi connectivity index (χ3v) is 8.02. The number of anilines is 2. The van der Waals surface area contributed by atoms with E-state index in [1.165, 1.54) is 5.69 Å². The Kier molecular flexibility index (Phi) is 12.6. The van der Waals surface area contributed by atoms with Gasteiger partial charge in [0.2, 0.25) is 5.91 Å². The van der Waals surface area contributed by atoms with Crippen molar-refractivity contribution >= 4 is 40.3 Å². The lowest BCUT2D eigenvalue weighted by Crippen LogP contribution is -2.44. The van der Waals surface area contributed by atoms with Crippen LogP contribution in [-0.4, -0.2) is 109 Å². The minimum Gasteiger partial charge on any atom is -0.475 e. The van der Waals surface area contributed by atoms with Crippen molar-refractivity contribution < 1.29 is 37.4 Å². The summed E-state index contributed by atoms with van der Waals surface area (Å²) in [6, 6.07) is 16.4. The second-order valence-corrected chi connectivity index (χ2v) is 12.8. The third-order valence-electron chi connectivity index (χ3n) is 8.02. The van der Waals surface area contributed by atoms with Gasteiger partial charge in [-0.3, -0.25) is 4.79 Å². The molecule has 3 heterocycles. The SMILES string of the molecule is Cc1ccc(-c2c(-c3ccc(N4CCN(C)CC4)cc3)[nH]c3ncc(C(=O)OC(C)C)cc23)cc1NC(=O)C=CCN(C)C.O=C(O)C(F)(F)F. The molecule has 1 aliphatic heterocycles. The molecule has 0 spiro atoms. The van der Waals surface area contributed by atoms with Crippen LogP contribution in [0.15, 0.2) is 66.9 Å². The number of ether oxygens (including phenoxy) is 1. The summed E-state index contributed by atoms with van der Waals surface area (Å²) in [5.41, 5.74) is 7.59. The maximum atomic E-state index is 12.8. The van der Waals surface area contributed by atoms with Crippen LogP contribution in [0.4, 0.5) is 24.5 Å². The molecule has 3 N–H and O–H groups in total. The Morgan fingerprint density at radius 2 is 1.67 bits per heavy atom. The van der Waals surface area contributed by atoms with E-state index in [1.807, 2.05) is 70.1 Å². The number of nitrogens with zero attached hydrogens (tertiary/aromatic N) is 4. The van der Waals surface area contributed by atoms with Gasteiger partial charge in [0.05, 0.1) is 17.4 Å². The van der Waals surface area contributed by atoms with Gasteiger partial charge in [-0.05, 0) is 82.9 Å². The van der Waals surface area contributed by atoms with Crippen molar-refractivity contribution in [1.29, 1.82) is 0 Å². The summed E-state index contributed by atoms with van der Waals surface area (Å²) in [6.07, 6.45) is -0.384. The molecule has 5 rings (SSSR count). The number of aliphatic carboxylic acids is 1. The predicted molar refractivity (Wildman–Crippen MR) is 192 cm³/mol. The average Bonchev–Trinajstić information content (AvgIpc) is 3.44. The first kappa shape index (κ1) is 38.6. The number of hydrogen-bond acceptors (Lipinski definition) is 8. The van der Waals surface area contributed by atoms with E-state index in [9.17, 15) is 22.8 Å². The number of rotatable bonds is 9. The van der Waals surface area contributed by atoms with Crippen LogP contribution in [0.3, 0.4) is 0 Å². The highest BCUT2D eigenvalue weighted by Gasteiger charge is 2.38. The van der Waals surface area contributed by atoms with Crippen molar-refractivity contribution in [2.24, 2.45) is 0 Å². The summed E-state index contributed by atoms with van der Waals surface area (Å²) in [5.74, 6) is -3.36. The van der Waals surface area contributed by atoms with Crippen molar-refractivity contribution in [1.82, 2.24) is 19.8 Å². The molecule has 1 saturated heterocycles. The number of likely N-dealkylation sites (N-methyl/N-ethyl adjacent to an activating group) is 2. The maximum Gasteiger partial charge on any atom is 0.490 e. The van der Waals surface area contributed by atoms with E-state index in [4.69, 9.17) is 14.6 Å². The Morgan fingerprint density at radius 1 is 1.04 bits per heavy atom. The molecule has 1 aliphatic rings. The zero-order chi connectivity index (χ0) is 37.5. The number of aromatic amines is 1. The van der Waals surface area contributed by atoms with Crippen LogP contribution in [0, 0.1) is 6.92 Å². The molecule has 14 heteroatoms. The van der Waals surface area contributed by atoms with Crippen LogP contribution >= 0.6 is 0 Å². The minimum atomic E-state index is -5.08. The molecule has 0 saturated carbocycles. The first-order chi connectivity index (χ1) is 24.0. The second kappa shape index (κ2) is 16.7. The average molecular weight is 709 g/mol. The zero-order valence-corrected chi connectivity index (χ0v) is 29.5. The normalized spacial score (nSPS) is 13.8. The molecule has 1 amide bonds. The van der Waals surface area contributed by atoms with Gasteiger partial charge in [0.15, 0.2) is 0 Å². The number of carbonyl (C=O) groups is 3. The molecule has 11 nitrogen and oxygen atoms in total. The predicted octanol–water partition coefficient (Wildman–Crippen LogP) is 6.21. The second-order valence-electron chi connectivity index (χ2n) is 12.8. The minimum absolute atomic E-state index is 0.189. The van der Waals surface area contributed by atoms with Gasteiger partial charge in [-0.15, -0.1) is 0 Å². The van der Waals surface area contributed by atoms with Crippen LogP contribution < -0.4 is 10.2 Å². The highest BCUT2D eigenvalue weighted by Crippen LogP contribution is 2.40. The molecule has 2 aromatic heterocycles. The number of H-pyrrole nitrogens is 1. The molecule has 2 aromatic carbocycles. The fraction of sp³-hybridized carbons (Fsp3) is 0.351. The van der Waals surface area contributed by atoms with E-state index >= 15 is 0 Å². The van der Waals surface area contributed by atoms with Crippen molar-refractivity contribution in [3.05, 3.63) is 78.0 Å². The summed E-state index contributed by atoms with van der Waals surface area (Å²) in [5, 5.41) is 11.0. The Balaban J connectivity index is 0.000000755. The Morgan fingerprint density at radius 3 is 2.25 bits per heavy atom. The first-order valence-corrected chi connectivity index (χ1v) is 16.3.